The third kappa shape index (κ3) is 1.76. The molecule has 1 heterocycles. The highest BCUT2D eigenvalue weighted by molar-refractivity contribution is 6.29. The zero-order chi connectivity index (χ0) is 15.5. The van der Waals surface area contributed by atoms with Crippen LogP contribution in [0.25, 0.3) is 0 Å². The van der Waals surface area contributed by atoms with Gasteiger partial charge in [0.15, 0.2) is 23.1 Å². The van der Waals surface area contributed by atoms with E-state index < -0.39 is 34.9 Å². The van der Waals surface area contributed by atoms with Gasteiger partial charge in [-0.1, -0.05) is 0 Å². The van der Waals surface area contributed by atoms with E-state index in [1.807, 2.05) is 0 Å². The van der Waals surface area contributed by atoms with E-state index in [1.165, 1.54) is 0 Å². The highest BCUT2D eigenvalue weighted by Gasteiger charge is 2.42. The number of phenolic OH excluding ortho intramolecular Hbond substituents is 3. The fraction of sp³-hybridized carbons (Fsp3) is 0.333. The molecule has 6 nitrogen and oxygen atoms in total. The van der Waals surface area contributed by atoms with Crippen molar-refractivity contribution in [1.29, 1.82) is 0 Å². The number of carbonyl (C=O) groups excluding carboxylic acids is 2. The minimum atomic E-state index is -0.681. The minimum Gasteiger partial charge on any atom is -0.507 e. The molecular formula is C15H14O6. The van der Waals surface area contributed by atoms with E-state index in [0.717, 1.165) is 6.07 Å². The molecule has 1 aromatic rings. The smallest absolute Gasteiger partial charge is 0.196 e. The van der Waals surface area contributed by atoms with Crippen LogP contribution in [0.4, 0.5) is 0 Å². The van der Waals surface area contributed by atoms with Crippen molar-refractivity contribution in [2.75, 3.05) is 0 Å². The van der Waals surface area contributed by atoms with Gasteiger partial charge in [0.25, 0.3) is 0 Å². The summed E-state index contributed by atoms with van der Waals surface area (Å²) in [5.41, 5.74) is -0.123. The molecule has 0 aromatic heterocycles. The predicted molar refractivity (Wildman–Crippen MR) is 71.7 cm³/mol. The second-order valence-electron chi connectivity index (χ2n) is 5.36. The van der Waals surface area contributed by atoms with Gasteiger partial charge in [0.05, 0.1) is 23.3 Å². The van der Waals surface area contributed by atoms with E-state index >= 15 is 0 Å². The maximum Gasteiger partial charge on any atom is 0.196 e. The van der Waals surface area contributed by atoms with E-state index in [0.29, 0.717) is 0 Å². The lowest BCUT2D eigenvalue weighted by Gasteiger charge is -2.33. The second-order valence-corrected chi connectivity index (χ2v) is 5.36. The lowest BCUT2D eigenvalue weighted by atomic mass is 9.78. The number of hydrogen-bond donors (Lipinski definition) is 3. The molecule has 110 valence electrons. The van der Waals surface area contributed by atoms with Crippen molar-refractivity contribution in [1.82, 2.24) is 0 Å². The fourth-order valence-corrected chi connectivity index (χ4v) is 3.03. The Morgan fingerprint density at radius 1 is 1.05 bits per heavy atom. The Morgan fingerprint density at radius 2 is 1.71 bits per heavy atom. The fourth-order valence-electron chi connectivity index (χ4n) is 3.03. The summed E-state index contributed by atoms with van der Waals surface area (Å²) in [5, 5.41) is 29.3. The second kappa shape index (κ2) is 4.33. The Labute approximate surface area is 120 Å². The third-order valence-corrected chi connectivity index (χ3v) is 3.89. The highest BCUT2D eigenvalue weighted by Crippen LogP contribution is 2.45. The number of carbonyl (C=O) groups is 2. The topological polar surface area (TPSA) is 104 Å². The molecule has 0 saturated heterocycles. The first-order chi connectivity index (χ1) is 9.82. The molecule has 0 unspecified atom stereocenters. The summed E-state index contributed by atoms with van der Waals surface area (Å²) >= 11 is 0. The third-order valence-electron chi connectivity index (χ3n) is 3.89. The number of aromatic hydroxyl groups is 3. The standard InChI is InChI=1S/C15H14O6/c1-5-3-7-10(6(2)21-5)15(20)11-8(16)4-9(17)14(19)12(11)13(7)18/h4-6,16-17,19H,3H2,1-2H3/t5-,6+/m0/s1. The number of Topliss-reactive ketones (excluding diaryl/α,β-unsaturated/α-hetero) is 2. The summed E-state index contributed by atoms with van der Waals surface area (Å²) in [4.78, 5) is 25.1. The normalized spacial score (nSPS) is 24.9. The zero-order valence-electron chi connectivity index (χ0n) is 11.5. The Kier molecular flexibility index (Phi) is 2.81. The van der Waals surface area contributed by atoms with Crippen LogP contribution in [-0.4, -0.2) is 39.1 Å². The van der Waals surface area contributed by atoms with Crippen LogP contribution in [0.1, 0.15) is 41.0 Å². The largest absolute Gasteiger partial charge is 0.507 e. The molecular weight excluding hydrogens is 276 g/mol. The lowest BCUT2D eigenvalue weighted by molar-refractivity contribution is 0.0148. The number of ether oxygens (including phenoxy) is 1. The van der Waals surface area contributed by atoms with E-state index in [9.17, 15) is 24.9 Å². The van der Waals surface area contributed by atoms with Crippen LogP contribution >= 0.6 is 0 Å². The van der Waals surface area contributed by atoms with Gasteiger partial charge in [-0.15, -0.1) is 0 Å². The Hall–Kier alpha value is -2.34. The van der Waals surface area contributed by atoms with E-state index in [4.69, 9.17) is 4.74 Å². The SMILES string of the molecule is C[C@H]1CC2=C(C(=O)c3c(O)cc(O)c(O)c3C2=O)[C@@H](C)O1. The van der Waals surface area contributed by atoms with Crippen LogP contribution in [-0.2, 0) is 4.74 Å². The van der Waals surface area contributed by atoms with Gasteiger partial charge in [0.2, 0.25) is 0 Å². The Balaban J connectivity index is 2.31. The molecule has 1 aliphatic heterocycles. The molecule has 0 fully saturated rings. The molecule has 1 aliphatic carbocycles. The molecule has 0 spiro atoms. The lowest BCUT2D eigenvalue weighted by Crippen LogP contribution is -2.36. The van der Waals surface area contributed by atoms with Gasteiger partial charge in [-0.05, 0) is 13.8 Å². The van der Waals surface area contributed by atoms with Crippen LogP contribution in [0.5, 0.6) is 17.2 Å². The first-order valence-corrected chi connectivity index (χ1v) is 6.58. The summed E-state index contributed by atoms with van der Waals surface area (Å²) in [6.07, 6.45) is -0.548. The average molecular weight is 290 g/mol. The van der Waals surface area contributed by atoms with Crippen LogP contribution in [0.3, 0.4) is 0 Å². The predicted octanol–water partition coefficient (Wildman–Crippen LogP) is 1.68. The molecule has 2 atom stereocenters. The first-order valence-electron chi connectivity index (χ1n) is 6.58. The maximum absolute atomic E-state index is 12.6. The van der Waals surface area contributed by atoms with E-state index in [-0.39, 0.29) is 34.8 Å². The molecule has 0 saturated carbocycles. The number of ketones is 2. The van der Waals surface area contributed by atoms with Crippen LogP contribution in [0, 0.1) is 0 Å². The van der Waals surface area contributed by atoms with Crippen LogP contribution in [0.15, 0.2) is 17.2 Å². The molecule has 0 radical (unpaired) electrons. The van der Waals surface area contributed by atoms with E-state index in [1.54, 1.807) is 13.8 Å². The number of hydrogen-bond acceptors (Lipinski definition) is 6. The number of phenols is 3. The van der Waals surface area contributed by atoms with Gasteiger partial charge in [-0.2, -0.15) is 0 Å². The summed E-state index contributed by atoms with van der Waals surface area (Å²) in [7, 11) is 0. The van der Waals surface area contributed by atoms with Crippen molar-refractivity contribution in [3.8, 4) is 17.2 Å². The quantitative estimate of drug-likeness (QED) is 0.496. The van der Waals surface area contributed by atoms with Crippen LogP contribution < -0.4 is 0 Å². The zero-order valence-corrected chi connectivity index (χ0v) is 11.5. The molecule has 1 aromatic carbocycles. The maximum atomic E-state index is 12.6. The van der Waals surface area contributed by atoms with Gasteiger partial charge in [-0.25, -0.2) is 0 Å². The molecule has 0 amide bonds. The minimum absolute atomic E-state index is 0.214. The molecule has 2 aliphatic rings. The molecule has 6 heteroatoms. The Bertz CT molecular complexity index is 715. The molecule has 21 heavy (non-hydrogen) atoms. The summed E-state index contributed by atoms with van der Waals surface area (Å²) in [6, 6.07) is 0.849. The highest BCUT2D eigenvalue weighted by atomic mass is 16.5. The van der Waals surface area contributed by atoms with Crippen molar-refractivity contribution in [2.45, 2.75) is 32.5 Å². The summed E-state index contributed by atoms with van der Waals surface area (Å²) < 4.78 is 5.56. The van der Waals surface area contributed by atoms with Gasteiger partial charge >= 0.3 is 0 Å². The van der Waals surface area contributed by atoms with Crippen molar-refractivity contribution in [2.24, 2.45) is 0 Å². The van der Waals surface area contributed by atoms with E-state index in [2.05, 4.69) is 0 Å². The molecule has 3 N–H and O–H groups in total. The Morgan fingerprint density at radius 3 is 2.38 bits per heavy atom. The van der Waals surface area contributed by atoms with Crippen molar-refractivity contribution < 1.29 is 29.6 Å². The average Bonchev–Trinajstić information content (AvgIpc) is 2.39. The molecule has 0 bridgehead atoms. The van der Waals surface area contributed by atoms with Crippen molar-refractivity contribution >= 4 is 11.6 Å². The first kappa shape index (κ1) is 13.6. The summed E-state index contributed by atoms with van der Waals surface area (Å²) in [5.74, 6) is -2.95. The monoisotopic (exact) mass is 290 g/mol. The molecule has 3 rings (SSSR count). The van der Waals surface area contributed by atoms with Gasteiger partial charge in [-0.3, -0.25) is 9.59 Å². The van der Waals surface area contributed by atoms with Crippen molar-refractivity contribution in [3.63, 3.8) is 0 Å². The van der Waals surface area contributed by atoms with Crippen molar-refractivity contribution in [3.05, 3.63) is 28.3 Å². The van der Waals surface area contributed by atoms with Gasteiger partial charge in [0.1, 0.15) is 5.75 Å². The number of rotatable bonds is 0. The summed E-state index contributed by atoms with van der Waals surface area (Å²) in [6.45, 7) is 3.45. The van der Waals surface area contributed by atoms with Gasteiger partial charge < -0.3 is 20.1 Å². The van der Waals surface area contributed by atoms with Crippen LogP contribution in [0.2, 0.25) is 0 Å². The number of fused-ring (bicyclic) bond motifs is 1. The van der Waals surface area contributed by atoms with Gasteiger partial charge in [0, 0.05) is 23.6 Å². The number of benzene rings is 1.